The number of hydrogen-bond acceptors (Lipinski definition) is 8. The third kappa shape index (κ3) is 9.79. The zero-order chi connectivity index (χ0) is 26.7. The molecule has 0 aromatic carbocycles. The number of amides is 5. The van der Waals surface area contributed by atoms with Gasteiger partial charge in [0.25, 0.3) is 0 Å². The van der Waals surface area contributed by atoms with Crippen molar-refractivity contribution in [1.29, 1.82) is 0 Å². The number of aromatic amines is 1. The number of H-pyrrole nitrogens is 1. The Bertz CT molecular complexity index is 921. The molecule has 35 heavy (non-hydrogen) atoms. The Hall–Kier alpha value is -4.01. The van der Waals surface area contributed by atoms with Crippen molar-refractivity contribution in [2.75, 3.05) is 0 Å². The van der Waals surface area contributed by atoms with E-state index in [0.29, 0.717) is 12.1 Å². The molecule has 1 aromatic heterocycles. The summed E-state index contributed by atoms with van der Waals surface area (Å²) in [5, 5.41) is 16.5. The smallest absolute Gasteiger partial charge is 0.326 e. The molecule has 0 saturated carbocycles. The van der Waals surface area contributed by atoms with E-state index < -0.39 is 78.4 Å². The number of nitrogens with one attached hydrogen (secondary N) is 4. The third-order valence-electron chi connectivity index (χ3n) is 5.18. The highest BCUT2D eigenvalue weighted by atomic mass is 16.4. The van der Waals surface area contributed by atoms with Crippen molar-refractivity contribution in [3.63, 3.8) is 0 Å². The molecule has 0 aliphatic heterocycles. The van der Waals surface area contributed by atoms with Gasteiger partial charge in [0.15, 0.2) is 0 Å². The van der Waals surface area contributed by atoms with Gasteiger partial charge in [0.05, 0.1) is 25.2 Å². The van der Waals surface area contributed by atoms with Crippen LogP contribution in [0.5, 0.6) is 0 Å². The van der Waals surface area contributed by atoms with Crippen molar-refractivity contribution in [2.24, 2.45) is 23.1 Å². The highest BCUT2D eigenvalue weighted by molar-refractivity contribution is 5.97. The minimum atomic E-state index is -1.53. The molecule has 11 N–H and O–H groups in total. The van der Waals surface area contributed by atoms with Crippen molar-refractivity contribution in [3.8, 4) is 0 Å². The lowest BCUT2D eigenvalue weighted by Crippen LogP contribution is -2.59. The lowest BCUT2D eigenvalue weighted by Gasteiger charge is -2.26. The van der Waals surface area contributed by atoms with Gasteiger partial charge < -0.3 is 43.2 Å². The molecule has 5 amide bonds. The summed E-state index contributed by atoms with van der Waals surface area (Å²) in [5.41, 5.74) is 16.2. The first-order valence-corrected chi connectivity index (χ1v) is 10.8. The molecule has 1 rings (SSSR count). The Morgan fingerprint density at radius 3 is 2.03 bits per heavy atom. The van der Waals surface area contributed by atoms with E-state index in [4.69, 9.17) is 17.2 Å². The largest absolute Gasteiger partial charge is 0.480 e. The summed E-state index contributed by atoms with van der Waals surface area (Å²) in [6.07, 6.45) is 1.97. The van der Waals surface area contributed by atoms with Crippen molar-refractivity contribution in [1.82, 2.24) is 25.9 Å². The van der Waals surface area contributed by atoms with Gasteiger partial charge in [-0.05, 0) is 5.92 Å². The zero-order valence-corrected chi connectivity index (χ0v) is 19.4. The maximum atomic E-state index is 13.0. The van der Waals surface area contributed by atoms with E-state index in [1.165, 1.54) is 12.5 Å². The van der Waals surface area contributed by atoms with E-state index in [-0.39, 0.29) is 6.42 Å². The molecule has 5 atom stereocenters. The predicted molar refractivity (Wildman–Crippen MR) is 121 cm³/mol. The summed E-state index contributed by atoms with van der Waals surface area (Å²) in [6, 6.07) is -5.44. The molecule has 0 aliphatic rings. The van der Waals surface area contributed by atoms with Crippen LogP contribution in [0.2, 0.25) is 0 Å². The molecule has 0 saturated heterocycles. The number of nitrogens with zero attached hydrogens (tertiary/aromatic N) is 1. The number of carbonyl (C=O) groups excluding carboxylic acids is 5. The summed E-state index contributed by atoms with van der Waals surface area (Å²) in [5.74, 6) is -6.16. The number of carbonyl (C=O) groups is 6. The molecule has 1 heterocycles. The van der Waals surface area contributed by atoms with E-state index >= 15 is 0 Å². The Balaban J connectivity index is 3.10. The first-order valence-electron chi connectivity index (χ1n) is 10.8. The normalized spacial score (nSPS) is 15.1. The number of primary amides is 2. The number of carboxylic acids is 1. The highest BCUT2D eigenvalue weighted by Crippen LogP contribution is 2.09. The van der Waals surface area contributed by atoms with E-state index in [2.05, 4.69) is 25.9 Å². The van der Waals surface area contributed by atoms with E-state index in [9.17, 15) is 33.9 Å². The number of rotatable bonds is 15. The summed E-state index contributed by atoms with van der Waals surface area (Å²) in [7, 11) is 0. The zero-order valence-electron chi connectivity index (χ0n) is 19.4. The number of hydrogen-bond donors (Lipinski definition) is 8. The first-order chi connectivity index (χ1) is 16.3. The topological polar surface area (TPSA) is 265 Å². The first kappa shape index (κ1) is 29.0. The molecule has 0 bridgehead atoms. The third-order valence-corrected chi connectivity index (χ3v) is 5.18. The second-order valence-corrected chi connectivity index (χ2v) is 8.06. The minimum Gasteiger partial charge on any atom is -0.480 e. The van der Waals surface area contributed by atoms with Gasteiger partial charge in [-0.15, -0.1) is 0 Å². The maximum Gasteiger partial charge on any atom is 0.326 e. The summed E-state index contributed by atoms with van der Waals surface area (Å²) >= 11 is 0. The van der Waals surface area contributed by atoms with Crippen molar-refractivity contribution in [3.05, 3.63) is 18.2 Å². The van der Waals surface area contributed by atoms with Crippen LogP contribution in [0.3, 0.4) is 0 Å². The molecular formula is C20H32N8O7. The van der Waals surface area contributed by atoms with E-state index in [0.717, 1.165) is 0 Å². The molecule has 0 radical (unpaired) electrons. The van der Waals surface area contributed by atoms with E-state index in [1.807, 2.05) is 0 Å². The molecule has 0 fully saturated rings. The van der Waals surface area contributed by atoms with Gasteiger partial charge in [0, 0.05) is 18.3 Å². The number of imidazole rings is 1. The van der Waals surface area contributed by atoms with Gasteiger partial charge in [-0.25, -0.2) is 9.78 Å². The van der Waals surface area contributed by atoms with Crippen molar-refractivity contribution < 1.29 is 33.9 Å². The van der Waals surface area contributed by atoms with Crippen LogP contribution in [0.4, 0.5) is 0 Å². The van der Waals surface area contributed by atoms with E-state index in [1.54, 1.807) is 13.8 Å². The number of nitrogens with two attached hydrogens (primary N) is 3. The fourth-order valence-corrected chi connectivity index (χ4v) is 3.03. The Morgan fingerprint density at radius 2 is 1.54 bits per heavy atom. The molecule has 15 heteroatoms. The lowest BCUT2D eigenvalue weighted by molar-refractivity contribution is -0.144. The fourth-order valence-electron chi connectivity index (χ4n) is 3.03. The molecule has 0 aliphatic carbocycles. The van der Waals surface area contributed by atoms with Crippen molar-refractivity contribution >= 4 is 35.5 Å². The summed E-state index contributed by atoms with van der Waals surface area (Å²) in [4.78, 5) is 78.8. The van der Waals surface area contributed by atoms with Crippen LogP contribution in [0, 0.1) is 5.92 Å². The van der Waals surface area contributed by atoms with Crippen molar-refractivity contribution in [2.45, 2.75) is 63.7 Å². The molecule has 5 unspecified atom stereocenters. The van der Waals surface area contributed by atoms with Gasteiger partial charge in [0.1, 0.15) is 18.1 Å². The molecule has 194 valence electrons. The minimum absolute atomic E-state index is 0.108. The van der Waals surface area contributed by atoms with Crippen LogP contribution < -0.4 is 33.2 Å². The van der Waals surface area contributed by atoms with Crippen LogP contribution in [0.1, 0.15) is 38.8 Å². The lowest BCUT2D eigenvalue weighted by atomic mass is 9.98. The van der Waals surface area contributed by atoms with Crippen LogP contribution in [0.15, 0.2) is 12.5 Å². The molecule has 1 aromatic rings. The molecular weight excluding hydrogens is 464 g/mol. The second-order valence-electron chi connectivity index (χ2n) is 8.06. The van der Waals surface area contributed by atoms with Gasteiger partial charge >= 0.3 is 5.97 Å². The van der Waals surface area contributed by atoms with Gasteiger partial charge in [-0.2, -0.15) is 0 Å². The van der Waals surface area contributed by atoms with Crippen LogP contribution in [-0.2, 0) is 35.2 Å². The maximum absolute atomic E-state index is 13.0. The highest BCUT2D eigenvalue weighted by Gasteiger charge is 2.33. The second kappa shape index (κ2) is 13.6. The van der Waals surface area contributed by atoms with Crippen LogP contribution >= 0.6 is 0 Å². The Morgan fingerprint density at radius 1 is 0.971 bits per heavy atom. The monoisotopic (exact) mass is 496 g/mol. The van der Waals surface area contributed by atoms with Gasteiger partial charge in [0.2, 0.25) is 29.5 Å². The quantitative estimate of drug-likeness (QED) is 0.120. The number of aromatic nitrogens is 2. The summed E-state index contributed by atoms with van der Waals surface area (Å²) in [6.45, 7) is 3.41. The standard InChI is InChI=1S/C20H32N8O7/c1-3-9(2)16(20(34)35)28-19(33)12(4-10-7-24-8-25-10)27-18(32)13(6-15(23)30)26-17(31)11(21)5-14(22)29/h7-9,11-13,16H,3-6,21H2,1-2H3,(H2,22,29)(H2,23,30)(H,24,25)(H,26,31)(H,27,32)(H,28,33)(H,34,35). The van der Waals surface area contributed by atoms with Crippen LogP contribution in [-0.4, -0.2) is 74.7 Å². The molecule has 0 spiro atoms. The predicted octanol–water partition coefficient (Wildman–Crippen LogP) is -3.38. The summed E-state index contributed by atoms with van der Waals surface area (Å²) < 4.78 is 0. The van der Waals surface area contributed by atoms with Gasteiger partial charge in [-0.3, -0.25) is 24.0 Å². The Labute approximate surface area is 200 Å². The number of carboxylic acid groups (broad SMARTS) is 1. The fraction of sp³-hybridized carbons (Fsp3) is 0.550. The average molecular weight is 497 g/mol. The van der Waals surface area contributed by atoms with Crippen LogP contribution in [0.25, 0.3) is 0 Å². The van der Waals surface area contributed by atoms with Gasteiger partial charge in [-0.1, -0.05) is 20.3 Å². The number of aliphatic carboxylic acids is 1. The molecule has 15 nitrogen and oxygen atoms in total. The SMILES string of the molecule is CCC(C)C(NC(=O)C(Cc1cnc[nH]1)NC(=O)C(CC(N)=O)NC(=O)C(N)CC(N)=O)C(=O)O. The average Bonchev–Trinajstić information content (AvgIpc) is 3.27. The Kier molecular flexibility index (Phi) is 11.3.